The van der Waals surface area contributed by atoms with Gasteiger partial charge in [-0.25, -0.2) is 0 Å². The van der Waals surface area contributed by atoms with Crippen molar-refractivity contribution in [3.63, 3.8) is 0 Å². The molecule has 1 heteroatoms. The number of hydrogen-bond acceptors (Lipinski definition) is 1. The third-order valence-corrected chi connectivity index (χ3v) is 3.17. The summed E-state index contributed by atoms with van der Waals surface area (Å²) in [6.07, 6.45) is 3.35. The first-order chi connectivity index (χ1) is 5.20. The average molecular weight is 152 g/mol. The molecule has 0 aliphatic heterocycles. The van der Waals surface area contributed by atoms with E-state index in [1.807, 2.05) is 0 Å². The summed E-state index contributed by atoms with van der Waals surface area (Å²) in [7, 11) is 0. The molecule has 0 aromatic rings. The van der Waals surface area contributed by atoms with Crippen molar-refractivity contribution >= 4 is 5.78 Å². The van der Waals surface area contributed by atoms with E-state index in [1.54, 1.807) is 0 Å². The minimum absolute atomic E-state index is 0.511. The molecule has 2 aliphatic carbocycles. The van der Waals surface area contributed by atoms with E-state index >= 15 is 0 Å². The first-order valence-corrected chi connectivity index (χ1v) is 4.73. The smallest absolute Gasteiger partial charge is 0.136 e. The van der Waals surface area contributed by atoms with Crippen molar-refractivity contribution in [1.29, 1.82) is 0 Å². The monoisotopic (exact) mass is 152 g/mol. The number of carbonyl (C=O) groups is 1. The van der Waals surface area contributed by atoms with Crippen molar-refractivity contribution in [1.82, 2.24) is 0 Å². The van der Waals surface area contributed by atoms with Gasteiger partial charge in [0.1, 0.15) is 5.78 Å². The summed E-state index contributed by atoms with van der Waals surface area (Å²) in [6, 6.07) is 0. The lowest BCUT2D eigenvalue weighted by molar-refractivity contribution is -0.119. The Hall–Kier alpha value is -0.330. The lowest BCUT2D eigenvalue weighted by Gasteiger charge is -2.04. The average Bonchev–Trinajstić information content (AvgIpc) is 2.41. The third-order valence-electron chi connectivity index (χ3n) is 3.17. The molecule has 0 bridgehead atoms. The van der Waals surface area contributed by atoms with Gasteiger partial charge in [-0.05, 0) is 30.6 Å². The Morgan fingerprint density at radius 3 is 2.73 bits per heavy atom. The van der Waals surface area contributed by atoms with Crippen LogP contribution in [-0.4, -0.2) is 5.78 Å². The van der Waals surface area contributed by atoms with E-state index in [-0.39, 0.29) is 0 Å². The van der Waals surface area contributed by atoms with Crippen LogP contribution in [0, 0.1) is 23.7 Å². The highest BCUT2D eigenvalue weighted by atomic mass is 16.1. The molecule has 2 saturated carbocycles. The van der Waals surface area contributed by atoms with Crippen LogP contribution in [0.5, 0.6) is 0 Å². The second-order valence-electron chi connectivity index (χ2n) is 4.49. The standard InChI is InChI=1S/C10H16O/c1-6(2)5-8-7-3-4-9(11)10(7)8/h6-8,10H,3-5H2,1-2H3/t7-,8+,10-/m0/s1. The van der Waals surface area contributed by atoms with Gasteiger partial charge in [0.2, 0.25) is 0 Å². The van der Waals surface area contributed by atoms with Gasteiger partial charge in [0.25, 0.3) is 0 Å². The molecule has 3 atom stereocenters. The van der Waals surface area contributed by atoms with Gasteiger partial charge >= 0.3 is 0 Å². The van der Waals surface area contributed by atoms with Gasteiger partial charge in [0.05, 0.1) is 0 Å². The Morgan fingerprint density at radius 2 is 2.27 bits per heavy atom. The third kappa shape index (κ3) is 1.11. The van der Waals surface area contributed by atoms with E-state index in [2.05, 4.69) is 13.8 Å². The minimum Gasteiger partial charge on any atom is -0.299 e. The summed E-state index contributed by atoms with van der Waals surface area (Å²) in [5.41, 5.74) is 0. The largest absolute Gasteiger partial charge is 0.299 e. The second-order valence-corrected chi connectivity index (χ2v) is 4.49. The van der Waals surface area contributed by atoms with Crippen LogP contribution in [0.25, 0.3) is 0 Å². The van der Waals surface area contributed by atoms with Crippen LogP contribution < -0.4 is 0 Å². The van der Waals surface area contributed by atoms with E-state index in [1.165, 1.54) is 12.8 Å². The highest BCUT2D eigenvalue weighted by Gasteiger charge is 2.57. The molecule has 2 rings (SSSR count). The molecule has 0 spiro atoms. The van der Waals surface area contributed by atoms with Crippen LogP contribution in [0.2, 0.25) is 0 Å². The second kappa shape index (κ2) is 2.33. The maximum atomic E-state index is 11.2. The molecule has 0 saturated heterocycles. The van der Waals surface area contributed by atoms with E-state index in [9.17, 15) is 4.79 Å². The Labute approximate surface area is 68.2 Å². The van der Waals surface area contributed by atoms with E-state index in [0.29, 0.717) is 11.7 Å². The summed E-state index contributed by atoms with van der Waals surface area (Å²) in [4.78, 5) is 11.2. The van der Waals surface area contributed by atoms with Crippen molar-refractivity contribution in [3.05, 3.63) is 0 Å². The Morgan fingerprint density at radius 1 is 1.55 bits per heavy atom. The van der Waals surface area contributed by atoms with Crippen LogP contribution in [-0.2, 0) is 4.79 Å². The van der Waals surface area contributed by atoms with Crippen LogP contribution >= 0.6 is 0 Å². The number of ketones is 1. The van der Waals surface area contributed by atoms with Gasteiger partial charge in [-0.3, -0.25) is 4.79 Å². The van der Waals surface area contributed by atoms with Crippen molar-refractivity contribution in [2.75, 3.05) is 0 Å². The van der Waals surface area contributed by atoms with E-state index in [0.717, 1.165) is 24.2 Å². The molecule has 2 fully saturated rings. The normalized spacial score (nSPS) is 41.4. The summed E-state index contributed by atoms with van der Waals surface area (Å²) < 4.78 is 0. The number of hydrogen-bond donors (Lipinski definition) is 0. The predicted molar refractivity (Wildman–Crippen MR) is 44.2 cm³/mol. The van der Waals surface area contributed by atoms with Gasteiger partial charge in [0, 0.05) is 12.3 Å². The molecule has 0 aromatic carbocycles. The molecule has 0 radical (unpaired) electrons. The van der Waals surface area contributed by atoms with E-state index < -0.39 is 0 Å². The number of rotatable bonds is 2. The lowest BCUT2D eigenvalue weighted by Crippen LogP contribution is -2.01. The SMILES string of the molecule is CC(C)C[C@@H]1[C@@H]2CCC(=O)[C@H]12. The zero-order valence-electron chi connectivity index (χ0n) is 7.34. The van der Waals surface area contributed by atoms with Gasteiger partial charge in [-0.2, -0.15) is 0 Å². The topological polar surface area (TPSA) is 17.1 Å². The fourth-order valence-electron chi connectivity index (χ4n) is 2.66. The number of Topliss-reactive ketones (excluding diaryl/α,β-unsaturated/α-hetero) is 1. The summed E-state index contributed by atoms with van der Waals surface area (Å²) in [5.74, 6) is 3.44. The Bertz CT molecular complexity index is 183. The number of fused-ring (bicyclic) bond motifs is 1. The highest BCUT2D eigenvalue weighted by Crippen LogP contribution is 2.57. The molecule has 0 amide bonds. The van der Waals surface area contributed by atoms with Crippen LogP contribution in [0.1, 0.15) is 33.1 Å². The molecular formula is C10H16O. The van der Waals surface area contributed by atoms with Crippen LogP contribution in [0.4, 0.5) is 0 Å². The molecule has 2 aliphatic rings. The first-order valence-electron chi connectivity index (χ1n) is 4.73. The number of carbonyl (C=O) groups excluding carboxylic acids is 1. The fourth-order valence-corrected chi connectivity index (χ4v) is 2.66. The predicted octanol–water partition coefficient (Wildman–Crippen LogP) is 2.26. The first kappa shape index (κ1) is 7.33. The molecule has 62 valence electrons. The minimum atomic E-state index is 0.511. The lowest BCUT2D eigenvalue weighted by atomic mass is 10.0. The Kier molecular flexibility index (Phi) is 1.55. The Balaban J connectivity index is 1.89. The molecule has 11 heavy (non-hydrogen) atoms. The zero-order valence-corrected chi connectivity index (χ0v) is 7.34. The molecule has 0 heterocycles. The highest BCUT2D eigenvalue weighted by molar-refractivity contribution is 5.87. The summed E-state index contributed by atoms with van der Waals surface area (Å²) in [6.45, 7) is 4.50. The maximum Gasteiger partial charge on any atom is 0.136 e. The van der Waals surface area contributed by atoms with Crippen molar-refractivity contribution in [3.8, 4) is 0 Å². The van der Waals surface area contributed by atoms with Crippen LogP contribution in [0.3, 0.4) is 0 Å². The molecule has 1 nitrogen and oxygen atoms in total. The molecular weight excluding hydrogens is 136 g/mol. The zero-order chi connectivity index (χ0) is 8.01. The van der Waals surface area contributed by atoms with Crippen molar-refractivity contribution in [2.45, 2.75) is 33.1 Å². The summed E-state index contributed by atoms with van der Waals surface area (Å²) in [5, 5.41) is 0. The van der Waals surface area contributed by atoms with Crippen molar-refractivity contribution < 1.29 is 4.79 Å². The quantitative estimate of drug-likeness (QED) is 0.593. The van der Waals surface area contributed by atoms with Gasteiger partial charge < -0.3 is 0 Å². The maximum absolute atomic E-state index is 11.2. The van der Waals surface area contributed by atoms with Gasteiger partial charge in [-0.15, -0.1) is 0 Å². The van der Waals surface area contributed by atoms with Gasteiger partial charge in [0.15, 0.2) is 0 Å². The molecule has 0 N–H and O–H groups in total. The fraction of sp³-hybridized carbons (Fsp3) is 0.900. The van der Waals surface area contributed by atoms with Crippen LogP contribution in [0.15, 0.2) is 0 Å². The summed E-state index contributed by atoms with van der Waals surface area (Å²) >= 11 is 0. The molecule has 0 unspecified atom stereocenters. The van der Waals surface area contributed by atoms with E-state index in [4.69, 9.17) is 0 Å². The molecule has 0 aromatic heterocycles. The van der Waals surface area contributed by atoms with Gasteiger partial charge in [-0.1, -0.05) is 13.8 Å². The van der Waals surface area contributed by atoms with Crippen molar-refractivity contribution in [2.24, 2.45) is 23.7 Å².